The Morgan fingerprint density at radius 3 is 2.41 bits per heavy atom. The molecule has 0 aromatic heterocycles. The zero-order valence-corrected chi connectivity index (χ0v) is 10.3. The number of rotatable bonds is 1. The number of hydrogen-bond donors (Lipinski definition) is 2. The topological polar surface area (TPSA) is 87.1 Å². The summed E-state index contributed by atoms with van der Waals surface area (Å²) >= 11 is 0. The molecule has 0 spiro atoms. The first-order chi connectivity index (χ1) is 7.70. The number of esters is 1. The highest BCUT2D eigenvalue weighted by Crippen LogP contribution is 2.21. The van der Waals surface area contributed by atoms with E-state index in [2.05, 4.69) is 0 Å². The highest BCUT2D eigenvalue weighted by molar-refractivity contribution is 5.81. The molecule has 1 rings (SSSR count). The van der Waals surface area contributed by atoms with E-state index in [1.165, 1.54) is 0 Å². The summed E-state index contributed by atoms with van der Waals surface area (Å²) in [5.41, 5.74) is -0.663. The summed E-state index contributed by atoms with van der Waals surface area (Å²) in [5, 5.41) is 18.5. The molecule has 1 heterocycles. The molecule has 0 unspecified atom stereocenters. The van der Waals surface area contributed by atoms with Gasteiger partial charge < -0.3 is 14.9 Å². The van der Waals surface area contributed by atoms with Crippen LogP contribution in [0.5, 0.6) is 0 Å². The minimum Gasteiger partial charge on any atom is -0.465 e. The van der Waals surface area contributed by atoms with E-state index in [4.69, 9.17) is 9.84 Å². The number of carboxylic acid groups (broad SMARTS) is 1. The number of hydrogen-bond acceptors (Lipinski definition) is 4. The first-order valence-corrected chi connectivity index (χ1v) is 5.61. The van der Waals surface area contributed by atoms with Gasteiger partial charge >= 0.3 is 12.1 Å². The fourth-order valence-corrected chi connectivity index (χ4v) is 1.77. The van der Waals surface area contributed by atoms with E-state index in [0.717, 1.165) is 4.90 Å². The molecule has 2 N–H and O–H groups in total. The second kappa shape index (κ2) is 4.91. The summed E-state index contributed by atoms with van der Waals surface area (Å²) in [5.74, 6) is -0.598. The lowest BCUT2D eigenvalue weighted by molar-refractivity contribution is -0.163. The van der Waals surface area contributed by atoms with Gasteiger partial charge in [-0.3, -0.25) is 4.90 Å². The fourth-order valence-electron chi connectivity index (χ4n) is 1.77. The molecular formula is C11H19NO5. The molecule has 6 heteroatoms. The SMILES string of the molecule is CC(C)(C)OC(=O)[C@H]1C[C@@H](O)CCN1C(=O)O. The molecule has 1 amide bonds. The van der Waals surface area contributed by atoms with E-state index < -0.39 is 29.8 Å². The molecule has 0 aromatic rings. The second-order valence-electron chi connectivity index (χ2n) is 5.20. The number of amides is 1. The van der Waals surface area contributed by atoms with Gasteiger partial charge in [0.15, 0.2) is 0 Å². The summed E-state index contributed by atoms with van der Waals surface area (Å²) in [6.07, 6.45) is -1.36. The average Bonchev–Trinajstić information content (AvgIpc) is 2.14. The van der Waals surface area contributed by atoms with Crippen molar-refractivity contribution in [2.45, 2.75) is 51.4 Å². The van der Waals surface area contributed by atoms with Crippen LogP contribution in [0.3, 0.4) is 0 Å². The Hall–Kier alpha value is -1.30. The second-order valence-corrected chi connectivity index (χ2v) is 5.20. The fraction of sp³-hybridized carbons (Fsp3) is 0.818. The molecule has 1 fully saturated rings. The maximum atomic E-state index is 11.8. The maximum Gasteiger partial charge on any atom is 0.408 e. The molecule has 17 heavy (non-hydrogen) atoms. The van der Waals surface area contributed by atoms with Gasteiger partial charge in [-0.15, -0.1) is 0 Å². The van der Waals surface area contributed by atoms with Crippen molar-refractivity contribution in [2.75, 3.05) is 6.54 Å². The third-order valence-electron chi connectivity index (χ3n) is 2.50. The van der Waals surface area contributed by atoms with Crippen LogP contribution < -0.4 is 0 Å². The molecule has 0 radical (unpaired) electrons. The number of aliphatic hydroxyl groups excluding tert-OH is 1. The van der Waals surface area contributed by atoms with Crippen LogP contribution in [-0.2, 0) is 9.53 Å². The van der Waals surface area contributed by atoms with Crippen LogP contribution in [0.2, 0.25) is 0 Å². The molecule has 0 aromatic carbocycles. The van der Waals surface area contributed by atoms with E-state index in [1.54, 1.807) is 20.8 Å². The van der Waals surface area contributed by atoms with Gasteiger partial charge in [-0.1, -0.05) is 0 Å². The number of nitrogens with zero attached hydrogens (tertiary/aromatic N) is 1. The van der Waals surface area contributed by atoms with Crippen molar-refractivity contribution in [3.8, 4) is 0 Å². The van der Waals surface area contributed by atoms with Crippen LogP contribution >= 0.6 is 0 Å². The van der Waals surface area contributed by atoms with Crippen molar-refractivity contribution in [1.82, 2.24) is 4.90 Å². The lowest BCUT2D eigenvalue weighted by atomic mass is 10.00. The molecule has 1 aliphatic heterocycles. The van der Waals surface area contributed by atoms with Gasteiger partial charge in [0.2, 0.25) is 0 Å². The number of carbonyl (C=O) groups is 2. The molecule has 0 aliphatic carbocycles. The van der Waals surface area contributed by atoms with Crippen LogP contribution in [0.25, 0.3) is 0 Å². The van der Waals surface area contributed by atoms with E-state index in [9.17, 15) is 14.7 Å². The van der Waals surface area contributed by atoms with Crippen molar-refractivity contribution < 1.29 is 24.5 Å². The standard InChI is InChI=1S/C11H19NO5/c1-11(2,3)17-9(14)8-6-7(13)4-5-12(8)10(15)16/h7-8,13H,4-6H2,1-3H3,(H,15,16)/t7-,8+/m0/s1. The van der Waals surface area contributed by atoms with Gasteiger partial charge in [-0.25, -0.2) is 9.59 Å². The third-order valence-corrected chi connectivity index (χ3v) is 2.50. The predicted octanol–water partition coefficient (Wildman–Crippen LogP) is 0.831. The number of aliphatic hydroxyl groups is 1. The Morgan fingerprint density at radius 1 is 1.35 bits per heavy atom. The minimum atomic E-state index is -1.16. The van der Waals surface area contributed by atoms with Crippen molar-refractivity contribution in [2.24, 2.45) is 0 Å². The summed E-state index contributed by atoms with van der Waals surface area (Å²) in [6, 6.07) is -0.907. The number of carbonyl (C=O) groups excluding carboxylic acids is 1. The Labute approximate surface area is 100 Å². The molecule has 1 aliphatic rings. The first-order valence-electron chi connectivity index (χ1n) is 5.61. The highest BCUT2D eigenvalue weighted by atomic mass is 16.6. The highest BCUT2D eigenvalue weighted by Gasteiger charge is 2.38. The van der Waals surface area contributed by atoms with Crippen molar-refractivity contribution in [1.29, 1.82) is 0 Å². The number of ether oxygens (including phenoxy) is 1. The van der Waals surface area contributed by atoms with Gasteiger partial charge in [0, 0.05) is 13.0 Å². The molecule has 1 saturated heterocycles. The van der Waals surface area contributed by atoms with Crippen molar-refractivity contribution in [3.63, 3.8) is 0 Å². The van der Waals surface area contributed by atoms with Gasteiger partial charge in [0.1, 0.15) is 11.6 Å². The minimum absolute atomic E-state index is 0.0984. The van der Waals surface area contributed by atoms with Crippen molar-refractivity contribution in [3.05, 3.63) is 0 Å². The normalized spacial score (nSPS) is 25.5. The van der Waals surface area contributed by atoms with E-state index in [0.29, 0.717) is 6.42 Å². The summed E-state index contributed by atoms with van der Waals surface area (Å²) < 4.78 is 5.15. The Bertz CT molecular complexity index is 309. The first kappa shape index (κ1) is 13.8. The largest absolute Gasteiger partial charge is 0.465 e. The smallest absolute Gasteiger partial charge is 0.408 e. The Balaban J connectivity index is 2.75. The lowest BCUT2D eigenvalue weighted by Crippen LogP contribution is -2.52. The summed E-state index contributed by atoms with van der Waals surface area (Å²) in [6.45, 7) is 5.31. The van der Waals surface area contributed by atoms with Crippen LogP contribution in [0.1, 0.15) is 33.6 Å². The zero-order valence-electron chi connectivity index (χ0n) is 10.3. The van der Waals surface area contributed by atoms with Gasteiger partial charge in [0.25, 0.3) is 0 Å². The molecule has 0 bridgehead atoms. The van der Waals surface area contributed by atoms with E-state index >= 15 is 0 Å². The predicted molar refractivity (Wildman–Crippen MR) is 59.6 cm³/mol. The lowest BCUT2D eigenvalue weighted by Gasteiger charge is -2.35. The Morgan fingerprint density at radius 2 is 1.94 bits per heavy atom. The molecule has 6 nitrogen and oxygen atoms in total. The Kier molecular flexibility index (Phi) is 3.98. The van der Waals surface area contributed by atoms with Gasteiger partial charge in [0.05, 0.1) is 6.10 Å². The summed E-state index contributed by atoms with van der Waals surface area (Å²) in [4.78, 5) is 23.8. The van der Waals surface area contributed by atoms with Crippen LogP contribution in [0.15, 0.2) is 0 Å². The van der Waals surface area contributed by atoms with Gasteiger partial charge in [-0.05, 0) is 27.2 Å². The summed E-state index contributed by atoms with van der Waals surface area (Å²) in [7, 11) is 0. The van der Waals surface area contributed by atoms with Crippen LogP contribution in [-0.4, -0.2) is 51.5 Å². The van der Waals surface area contributed by atoms with Gasteiger partial charge in [-0.2, -0.15) is 0 Å². The maximum absolute atomic E-state index is 11.8. The molecule has 98 valence electrons. The van der Waals surface area contributed by atoms with Crippen LogP contribution in [0.4, 0.5) is 4.79 Å². The molecular weight excluding hydrogens is 226 g/mol. The van der Waals surface area contributed by atoms with Crippen molar-refractivity contribution >= 4 is 12.1 Å². The molecule has 0 saturated carbocycles. The monoisotopic (exact) mass is 245 g/mol. The molecule has 2 atom stereocenters. The third kappa shape index (κ3) is 3.89. The zero-order chi connectivity index (χ0) is 13.2. The number of likely N-dealkylation sites (tertiary alicyclic amines) is 1. The average molecular weight is 245 g/mol. The quantitative estimate of drug-likeness (QED) is 0.668. The number of piperidine rings is 1. The van der Waals surface area contributed by atoms with E-state index in [-0.39, 0.29) is 13.0 Å². The van der Waals surface area contributed by atoms with Crippen LogP contribution in [0, 0.1) is 0 Å². The van der Waals surface area contributed by atoms with E-state index in [1.807, 2.05) is 0 Å².